The molecule has 0 amide bonds. The molecule has 0 aromatic rings. The van der Waals surface area contributed by atoms with Crippen LogP contribution >= 0.6 is 25.2 Å². The standard InChI is InChI=1S/CH4BrP.BrH/c2-1-3;/h1,3H2;1H. The molecule has 0 bridgehead atoms. The van der Waals surface area contributed by atoms with Crippen LogP contribution in [0.3, 0.4) is 0 Å². The molecule has 0 radical (unpaired) electrons. The van der Waals surface area contributed by atoms with Gasteiger partial charge in [-0.15, -0.1) is 0 Å². The minimum absolute atomic E-state index is 0. The van der Waals surface area contributed by atoms with Gasteiger partial charge in [0.2, 0.25) is 0 Å². The van der Waals surface area contributed by atoms with Gasteiger partial charge in [-0.2, -0.15) is 0 Å². The zero-order valence-corrected chi connectivity index (χ0v) is 6.76. The van der Waals surface area contributed by atoms with E-state index in [1.54, 1.807) is 0 Å². The van der Waals surface area contributed by atoms with E-state index in [2.05, 4.69) is 15.9 Å². The highest BCUT2D eigenvalue weighted by atomic mass is 79.9. The van der Waals surface area contributed by atoms with Crippen molar-refractivity contribution in [1.29, 1.82) is 0 Å². The molecule has 0 nitrogen and oxygen atoms in total. The highest BCUT2D eigenvalue weighted by Crippen LogP contribution is 1.84. The summed E-state index contributed by atoms with van der Waals surface area (Å²) >= 11 is 3.16. The summed E-state index contributed by atoms with van der Waals surface area (Å²) < 4.78 is 0. The molecule has 0 saturated carbocycles. The Kier molecular flexibility index (Phi) is 20.0. The van der Waals surface area contributed by atoms with Crippen molar-refractivity contribution in [2.45, 2.75) is 0 Å². The maximum absolute atomic E-state index is 3.16. The van der Waals surface area contributed by atoms with Crippen molar-refractivity contribution in [2.24, 2.45) is 0 Å². The minimum atomic E-state index is 0. The summed E-state index contributed by atoms with van der Waals surface area (Å²) in [6.07, 6.45) is 0. The van der Waals surface area contributed by atoms with Gasteiger partial charge in [-0.25, -0.2) is 0 Å². The van der Waals surface area contributed by atoms with Crippen molar-refractivity contribution in [3.05, 3.63) is 0 Å². The Hall–Kier alpha value is 1.39. The third kappa shape index (κ3) is 10.0. The highest BCUT2D eigenvalue weighted by Gasteiger charge is 1.45. The third-order valence-corrected chi connectivity index (χ3v) is 0. The van der Waals surface area contributed by atoms with Gasteiger partial charge >= 0.3 is 0 Å². The van der Waals surface area contributed by atoms with Crippen LogP contribution in [0.5, 0.6) is 0 Å². The van der Waals surface area contributed by atoms with E-state index in [0.29, 0.717) is 0 Å². The fraction of sp³-hybridized carbons (Fsp3) is 1.00. The lowest BCUT2D eigenvalue weighted by Gasteiger charge is -1.38. The molecule has 0 rings (SSSR count). The van der Waals surface area contributed by atoms with Crippen molar-refractivity contribution in [3.8, 4) is 0 Å². The van der Waals surface area contributed by atoms with Crippen molar-refractivity contribution in [1.82, 2.24) is 0 Å². The number of rotatable bonds is 0. The summed E-state index contributed by atoms with van der Waals surface area (Å²) in [6.45, 7) is 0. The molecule has 3 heteroatoms. The highest BCUT2D eigenvalue weighted by molar-refractivity contribution is 9.10. The van der Waals surface area contributed by atoms with Gasteiger partial charge < -0.3 is 17.0 Å². The van der Waals surface area contributed by atoms with Crippen LogP contribution in [0.4, 0.5) is 0 Å². The molecule has 0 spiro atoms. The molecule has 4 heavy (non-hydrogen) atoms. The van der Waals surface area contributed by atoms with Crippen LogP contribution in [0.2, 0.25) is 0 Å². The predicted octanol–water partition coefficient (Wildman–Crippen LogP) is -2.05. The Bertz CT molecular complexity index is 6.00. The van der Waals surface area contributed by atoms with Crippen LogP contribution in [0.15, 0.2) is 0 Å². The van der Waals surface area contributed by atoms with E-state index < -0.39 is 0 Å². The molecular weight excluding hydrogens is 203 g/mol. The molecule has 0 heterocycles. The summed E-state index contributed by atoms with van der Waals surface area (Å²) in [5.41, 5.74) is 0. The molecule has 0 saturated heterocycles. The summed E-state index contributed by atoms with van der Waals surface area (Å²) in [5.74, 6) is 0. The SMILES string of the molecule is [Br-].[PH3+]CBr. The summed E-state index contributed by atoms with van der Waals surface area (Å²) in [5, 5.41) is 1.09. The summed E-state index contributed by atoms with van der Waals surface area (Å²) in [4.78, 5) is 0. The Labute approximate surface area is 47.4 Å². The van der Waals surface area contributed by atoms with Gasteiger partial charge in [0, 0.05) is 0 Å². The quantitative estimate of drug-likeness (QED) is 0.317. The van der Waals surface area contributed by atoms with Gasteiger partial charge in [0.05, 0.1) is 0 Å². The van der Waals surface area contributed by atoms with Crippen molar-refractivity contribution in [2.75, 3.05) is 5.07 Å². The van der Waals surface area contributed by atoms with Gasteiger partial charge in [-0.1, -0.05) is 0 Å². The molecule has 0 aliphatic rings. The maximum atomic E-state index is 3.16. The molecule has 0 aromatic carbocycles. The maximum Gasteiger partial charge on any atom is 0.106 e. The first-order chi connectivity index (χ1) is 1.41. The minimum Gasteiger partial charge on any atom is -1.00 e. The lowest BCUT2D eigenvalue weighted by molar-refractivity contribution is -0.000000478. The molecule has 28 valence electrons. The van der Waals surface area contributed by atoms with E-state index >= 15 is 0 Å². The second-order valence-corrected chi connectivity index (χ2v) is 2.95. The average molecular weight is 208 g/mol. The van der Waals surface area contributed by atoms with Crippen LogP contribution in [-0.4, -0.2) is 5.07 Å². The van der Waals surface area contributed by atoms with Gasteiger partial charge in [0.1, 0.15) is 5.07 Å². The summed E-state index contributed by atoms with van der Waals surface area (Å²) in [6, 6.07) is 0. The van der Waals surface area contributed by atoms with Gasteiger partial charge in [-0.05, 0) is 25.2 Å². The van der Waals surface area contributed by atoms with Gasteiger partial charge in [-0.3, -0.25) is 0 Å². The lowest BCUT2D eigenvalue weighted by atomic mass is 11.9. The molecule has 0 aromatic heterocycles. The van der Waals surface area contributed by atoms with E-state index in [0.717, 1.165) is 5.07 Å². The third-order valence-electron chi connectivity index (χ3n) is 0. The monoisotopic (exact) mass is 206 g/mol. The second kappa shape index (κ2) is 8.83. The molecular formula is CH5Br2P. The van der Waals surface area contributed by atoms with Crippen molar-refractivity contribution >= 4 is 25.2 Å². The first-order valence-electron chi connectivity index (χ1n) is 0.767. The fourth-order valence-electron chi connectivity index (χ4n) is 0. The number of hydrogen-bond acceptors (Lipinski definition) is 0. The van der Waals surface area contributed by atoms with E-state index in [1.165, 1.54) is 0 Å². The molecule has 1 unspecified atom stereocenters. The largest absolute Gasteiger partial charge is 1.00 e. The predicted molar refractivity (Wildman–Crippen MR) is 24.9 cm³/mol. The summed E-state index contributed by atoms with van der Waals surface area (Å²) in [7, 11) is 1.89. The van der Waals surface area contributed by atoms with E-state index in [1.807, 2.05) is 9.24 Å². The van der Waals surface area contributed by atoms with Crippen LogP contribution in [-0.2, 0) is 0 Å². The van der Waals surface area contributed by atoms with E-state index in [4.69, 9.17) is 0 Å². The first-order valence-corrected chi connectivity index (χ1v) is 2.89. The topological polar surface area (TPSA) is 0 Å². The molecule has 0 N–H and O–H groups in total. The lowest BCUT2D eigenvalue weighted by Crippen LogP contribution is -3.00. The van der Waals surface area contributed by atoms with Gasteiger partial charge in [0.25, 0.3) is 0 Å². The van der Waals surface area contributed by atoms with Crippen molar-refractivity contribution in [3.63, 3.8) is 0 Å². The number of hydrogen-bond donors (Lipinski definition) is 0. The number of alkyl halides is 1. The van der Waals surface area contributed by atoms with Crippen LogP contribution in [0.25, 0.3) is 0 Å². The molecule has 0 aliphatic heterocycles. The molecule has 1 atom stereocenters. The van der Waals surface area contributed by atoms with Crippen molar-refractivity contribution < 1.29 is 17.0 Å². The second-order valence-electron chi connectivity index (χ2n) is 0.189. The van der Waals surface area contributed by atoms with E-state index in [-0.39, 0.29) is 17.0 Å². The molecule has 0 aliphatic carbocycles. The zero-order valence-electron chi connectivity index (χ0n) is 2.17. The first kappa shape index (κ1) is 9.04. The number of halogens is 2. The van der Waals surface area contributed by atoms with Crippen LogP contribution in [0.1, 0.15) is 0 Å². The Balaban J connectivity index is 0. The van der Waals surface area contributed by atoms with Crippen LogP contribution < -0.4 is 17.0 Å². The Morgan fingerprint density at radius 3 is 1.75 bits per heavy atom. The fourth-order valence-corrected chi connectivity index (χ4v) is 0. The normalized spacial score (nSPS) is 5.25. The Morgan fingerprint density at radius 2 is 1.75 bits per heavy atom. The van der Waals surface area contributed by atoms with Crippen LogP contribution in [0, 0.1) is 0 Å². The average Bonchev–Trinajstić information content (AvgIpc) is 0.918. The zero-order chi connectivity index (χ0) is 2.71. The van der Waals surface area contributed by atoms with E-state index in [9.17, 15) is 0 Å². The smallest absolute Gasteiger partial charge is 0.106 e. The molecule has 0 fully saturated rings. The Morgan fingerprint density at radius 1 is 1.75 bits per heavy atom. The van der Waals surface area contributed by atoms with Gasteiger partial charge in [0.15, 0.2) is 0 Å².